The van der Waals surface area contributed by atoms with Crippen LogP contribution in [-0.2, 0) is 27.2 Å². The van der Waals surface area contributed by atoms with Gasteiger partial charge in [-0.1, -0.05) is 0 Å². The topological polar surface area (TPSA) is 102 Å². The predicted molar refractivity (Wildman–Crippen MR) is 92.0 cm³/mol. The second kappa shape index (κ2) is 7.77. The molecule has 2 amide bonds. The molecule has 8 nitrogen and oxygen atoms in total. The van der Waals surface area contributed by atoms with Gasteiger partial charge in [-0.15, -0.1) is 0 Å². The van der Waals surface area contributed by atoms with Crippen molar-refractivity contribution in [2.24, 2.45) is 11.7 Å². The molecular formula is C17H25N5O3. The van der Waals surface area contributed by atoms with Crippen LogP contribution in [0.25, 0.3) is 0 Å². The van der Waals surface area contributed by atoms with Crippen LogP contribution in [0, 0.1) is 5.92 Å². The Hall–Kier alpha value is -2.22. The maximum Gasteiger partial charge on any atom is 0.248 e. The zero-order valence-corrected chi connectivity index (χ0v) is 14.6. The highest BCUT2D eigenvalue weighted by atomic mass is 16.5. The van der Waals surface area contributed by atoms with Crippen molar-refractivity contribution in [3.63, 3.8) is 0 Å². The number of carbonyl (C=O) groups excluding carboxylic acids is 2. The van der Waals surface area contributed by atoms with Crippen molar-refractivity contribution in [1.29, 1.82) is 0 Å². The number of nitrogens with two attached hydrogens (primary N) is 1. The van der Waals surface area contributed by atoms with E-state index in [1.54, 1.807) is 6.33 Å². The molecular weight excluding hydrogens is 322 g/mol. The second-order valence-corrected chi connectivity index (χ2v) is 6.62. The van der Waals surface area contributed by atoms with E-state index in [4.69, 9.17) is 10.5 Å². The number of amides is 2. The van der Waals surface area contributed by atoms with E-state index >= 15 is 0 Å². The molecule has 1 aromatic heterocycles. The zero-order valence-electron chi connectivity index (χ0n) is 14.6. The smallest absolute Gasteiger partial charge is 0.248 e. The fourth-order valence-electron chi connectivity index (χ4n) is 3.65. The lowest BCUT2D eigenvalue weighted by Gasteiger charge is -2.33. The van der Waals surface area contributed by atoms with Gasteiger partial charge < -0.3 is 20.3 Å². The Balaban J connectivity index is 1.79. The van der Waals surface area contributed by atoms with Gasteiger partial charge in [-0.05, 0) is 19.3 Å². The molecule has 2 N–H and O–H groups in total. The molecule has 1 saturated heterocycles. The average Bonchev–Trinajstić information content (AvgIpc) is 2.84. The largest absolute Gasteiger partial charge is 0.375 e. The van der Waals surface area contributed by atoms with E-state index in [2.05, 4.69) is 14.9 Å². The molecule has 8 heteroatoms. The summed E-state index contributed by atoms with van der Waals surface area (Å²) in [6.45, 7) is 2.82. The van der Waals surface area contributed by atoms with Crippen LogP contribution in [0.15, 0.2) is 6.33 Å². The first-order chi connectivity index (χ1) is 12.1. The molecule has 3 heterocycles. The quantitative estimate of drug-likeness (QED) is 0.806. The molecule has 0 unspecified atom stereocenters. The third kappa shape index (κ3) is 3.89. The summed E-state index contributed by atoms with van der Waals surface area (Å²) in [5, 5.41) is 0. The maximum absolute atomic E-state index is 12.1. The summed E-state index contributed by atoms with van der Waals surface area (Å²) in [6.07, 6.45) is 4.74. The van der Waals surface area contributed by atoms with E-state index in [0.29, 0.717) is 32.5 Å². The number of primary amides is 1. The number of aromatic nitrogens is 2. The lowest BCUT2D eigenvalue weighted by molar-refractivity contribution is -0.135. The number of ether oxygens (including phenoxy) is 1. The molecule has 0 spiro atoms. The highest BCUT2D eigenvalue weighted by Crippen LogP contribution is 2.27. The van der Waals surface area contributed by atoms with Gasteiger partial charge in [0.05, 0.1) is 11.6 Å². The highest BCUT2D eigenvalue weighted by molar-refractivity contribution is 5.78. The van der Waals surface area contributed by atoms with Gasteiger partial charge in [-0.3, -0.25) is 9.59 Å². The monoisotopic (exact) mass is 347 g/mol. The molecule has 25 heavy (non-hydrogen) atoms. The Morgan fingerprint density at radius 2 is 2.08 bits per heavy atom. The molecule has 1 aromatic rings. The lowest BCUT2D eigenvalue weighted by Crippen LogP contribution is -2.42. The van der Waals surface area contributed by atoms with Crippen molar-refractivity contribution >= 4 is 17.6 Å². The van der Waals surface area contributed by atoms with Gasteiger partial charge in [0.1, 0.15) is 18.8 Å². The second-order valence-electron chi connectivity index (χ2n) is 6.62. The van der Waals surface area contributed by atoms with E-state index in [1.165, 1.54) is 7.11 Å². The predicted octanol–water partition coefficient (Wildman–Crippen LogP) is -0.248. The van der Waals surface area contributed by atoms with E-state index in [0.717, 1.165) is 36.5 Å². The fourth-order valence-corrected chi connectivity index (χ4v) is 3.65. The van der Waals surface area contributed by atoms with Crippen molar-refractivity contribution in [1.82, 2.24) is 14.9 Å². The summed E-state index contributed by atoms with van der Waals surface area (Å²) in [4.78, 5) is 36.6. The molecule has 136 valence electrons. The number of carbonyl (C=O) groups is 2. The minimum absolute atomic E-state index is 0.00317. The molecule has 0 aliphatic carbocycles. The van der Waals surface area contributed by atoms with Crippen LogP contribution in [-0.4, -0.2) is 66.6 Å². The summed E-state index contributed by atoms with van der Waals surface area (Å²) in [5.74, 6) is 0.500. The van der Waals surface area contributed by atoms with Crippen molar-refractivity contribution in [3.05, 3.63) is 17.6 Å². The number of methoxy groups -OCH3 is 1. The van der Waals surface area contributed by atoms with Crippen LogP contribution >= 0.6 is 0 Å². The van der Waals surface area contributed by atoms with Gasteiger partial charge in [0, 0.05) is 45.3 Å². The number of rotatable bonds is 4. The molecule has 0 saturated carbocycles. The molecule has 2 aliphatic rings. The van der Waals surface area contributed by atoms with Crippen molar-refractivity contribution in [2.45, 2.75) is 25.7 Å². The minimum Gasteiger partial charge on any atom is -0.375 e. The first kappa shape index (κ1) is 17.6. The molecule has 0 bridgehead atoms. The van der Waals surface area contributed by atoms with Crippen molar-refractivity contribution in [3.8, 4) is 0 Å². The van der Waals surface area contributed by atoms with Gasteiger partial charge >= 0.3 is 0 Å². The van der Waals surface area contributed by atoms with Crippen molar-refractivity contribution in [2.75, 3.05) is 44.8 Å². The lowest BCUT2D eigenvalue weighted by atomic mass is 9.96. The molecule has 0 aromatic carbocycles. The number of nitrogens with zero attached hydrogens (tertiary/aromatic N) is 4. The van der Waals surface area contributed by atoms with E-state index < -0.39 is 0 Å². The van der Waals surface area contributed by atoms with Crippen molar-refractivity contribution < 1.29 is 14.3 Å². The number of piperidine rings is 1. The van der Waals surface area contributed by atoms with Crippen LogP contribution in [0.4, 0.5) is 5.82 Å². The Bertz CT molecular complexity index is 651. The Kier molecular flexibility index (Phi) is 5.47. The number of hydrogen-bond acceptors (Lipinski definition) is 6. The molecule has 2 aliphatic heterocycles. The van der Waals surface area contributed by atoms with Crippen LogP contribution in [0.2, 0.25) is 0 Å². The summed E-state index contributed by atoms with van der Waals surface area (Å²) in [5.41, 5.74) is 7.56. The van der Waals surface area contributed by atoms with Gasteiger partial charge in [0.25, 0.3) is 0 Å². The summed E-state index contributed by atoms with van der Waals surface area (Å²) in [6, 6.07) is 0. The van der Waals surface area contributed by atoms with Crippen LogP contribution < -0.4 is 10.6 Å². The molecule has 1 fully saturated rings. The van der Waals surface area contributed by atoms with Crippen LogP contribution in [0.3, 0.4) is 0 Å². The van der Waals surface area contributed by atoms with Gasteiger partial charge in [-0.2, -0.15) is 0 Å². The normalized spacial score (nSPS) is 20.8. The molecule has 3 rings (SSSR count). The van der Waals surface area contributed by atoms with E-state index in [1.807, 2.05) is 4.90 Å². The minimum atomic E-state index is -0.249. The Morgan fingerprint density at radius 1 is 1.28 bits per heavy atom. The first-order valence-electron chi connectivity index (χ1n) is 8.74. The van der Waals surface area contributed by atoms with Gasteiger partial charge in [-0.25, -0.2) is 9.97 Å². The van der Waals surface area contributed by atoms with Gasteiger partial charge in [0.2, 0.25) is 11.8 Å². The third-order valence-electron chi connectivity index (χ3n) is 5.01. The fraction of sp³-hybridized carbons (Fsp3) is 0.647. The van der Waals surface area contributed by atoms with E-state index in [-0.39, 0.29) is 24.3 Å². The molecule has 1 atom stereocenters. The zero-order chi connectivity index (χ0) is 17.8. The first-order valence-corrected chi connectivity index (χ1v) is 8.74. The SMILES string of the molecule is COCC(=O)N1CCc2ncnc(N3CCC[C@H](C(N)=O)C3)c2CC1. The average molecular weight is 347 g/mol. The maximum atomic E-state index is 12.1. The standard InChI is InChI=1S/C17H25N5O3/c1-25-10-15(23)21-7-4-13-14(5-8-21)19-11-20-17(13)22-6-2-3-12(9-22)16(18)24/h11-12H,2-10H2,1H3,(H2,18,24)/t12-/m0/s1. The number of fused-ring (bicyclic) bond motifs is 1. The number of anilines is 1. The van der Waals surface area contributed by atoms with E-state index in [9.17, 15) is 9.59 Å². The highest BCUT2D eigenvalue weighted by Gasteiger charge is 2.28. The Morgan fingerprint density at radius 3 is 2.84 bits per heavy atom. The third-order valence-corrected chi connectivity index (χ3v) is 5.01. The van der Waals surface area contributed by atoms with Gasteiger partial charge in [0.15, 0.2) is 0 Å². The summed E-state index contributed by atoms with van der Waals surface area (Å²) >= 11 is 0. The van der Waals surface area contributed by atoms with Crippen LogP contribution in [0.5, 0.6) is 0 Å². The van der Waals surface area contributed by atoms with Crippen LogP contribution in [0.1, 0.15) is 24.1 Å². The summed E-state index contributed by atoms with van der Waals surface area (Å²) in [7, 11) is 1.53. The summed E-state index contributed by atoms with van der Waals surface area (Å²) < 4.78 is 4.96. The molecule has 0 radical (unpaired) electrons. The number of hydrogen-bond donors (Lipinski definition) is 1. The Labute approximate surface area is 147 Å².